The van der Waals surface area contributed by atoms with Crippen LogP contribution in [0.3, 0.4) is 0 Å². The topological polar surface area (TPSA) is 113 Å². The molecule has 2 aliphatic heterocycles. The van der Waals surface area contributed by atoms with Gasteiger partial charge in [-0.2, -0.15) is 5.10 Å². The molecule has 0 radical (unpaired) electrons. The molecule has 1 atom stereocenters. The van der Waals surface area contributed by atoms with Crippen molar-refractivity contribution in [2.45, 2.75) is 52.1 Å². The van der Waals surface area contributed by atoms with Crippen molar-refractivity contribution in [3.63, 3.8) is 0 Å². The van der Waals surface area contributed by atoms with Gasteiger partial charge in [-0.1, -0.05) is 19.9 Å². The third-order valence-electron chi connectivity index (χ3n) is 6.33. The summed E-state index contributed by atoms with van der Waals surface area (Å²) in [5.74, 6) is 0.511. The van der Waals surface area contributed by atoms with E-state index in [0.29, 0.717) is 30.6 Å². The van der Waals surface area contributed by atoms with E-state index in [1.54, 1.807) is 27.9 Å². The summed E-state index contributed by atoms with van der Waals surface area (Å²) in [5.41, 5.74) is 2.68. The molecule has 0 bridgehead atoms. The van der Waals surface area contributed by atoms with Crippen LogP contribution in [-0.2, 0) is 14.6 Å². The quantitative estimate of drug-likeness (QED) is 0.725. The predicted molar refractivity (Wildman–Crippen MR) is 126 cm³/mol. The van der Waals surface area contributed by atoms with Crippen molar-refractivity contribution in [2.75, 3.05) is 27.9 Å². The number of aromatic nitrogens is 2. The number of rotatable bonds is 4. The zero-order valence-corrected chi connectivity index (χ0v) is 20.0. The zero-order valence-electron chi connectivity index (χ0n) is 19.1. The highest BCUT2D eigenvalue weighted by molar-refractivity contribution is 7.91. The smallest absolute Gasteiger partial charge is 0.411 e. The lowest BCUT2D eigenvalue weighted by atomic mass is 10.0. The van der Waals surface area contributed by atoms with Gasteiger partial charge in [0.05, 0.1) is 41.2 Å². The lowest BCUT2D eigenvalue weighted by Gasteiger charge is -2.40. The van der Waals surface area contributed by atoms with Crippen molar-refractivity contribution in [3.8, 4) is 11.1 Å². The summed E-state index contributed by atoms with van der Waals surface area (Å²) < 4.78 is 25.2. The number of hydrogen-bond donors (Lipinski definition) is 1. The number of nitrogens with zero attached hydrogens (tertiary/aromatic N) is 4. The Labute approximate surface area is 193 Å². The fraction of sp³-hybridized carbons (Fsp3) is 0.522. The molecule has 0 unspecified atom stereocenters. The van der Waals surface area contributed by atoms with E-state index >= 15 is 0 Å². The molecule has 0 spiro atoms. The number of anilines is 2. The zero-order chi connectivity index (χ0) is 23.9. The summed E-state index contributed by atoms with van der Waals surface area (Å²) in [5, 5.41) is 14.3. The standard InChI is InChI=1S/C23H30N4O5S/c1-15(2)10-22(28)27-16(3)13-25(23(29)30)21-11-17(4-5-20(21)27)18-12-24-26(14-18)19-6-8-33(31,32)9-7-19/h4-5,11-12,14-16,19H,6-10,13H2,1-3H3,(H,29,30)/t16-/m0/s1. The third kappa shape index (κ3) is 4.75. The average Bonchev–Trinajstić information content (AvgIpc) is 3.22. The molecule has 10 heteroatoms. The van der Waals surface area contributed by atoms with Gasteiger partial charge in [-0.05, 0) is 43.4 Å². The van der Waals surface area contributed by atoms with Crippen molar-refractivity contribution >= 4 is 33.2 Å². The molecule has 1 N–H and O–H groups in total. The molecule has 33 heavy (non-hydrogen) atoms. The van der Waals surface area contributed by atoms with Crippen LogP contribution in [-0.4, -0.2) is 59.4 Å². The van der Waals surface area contributed by atoms with Gasteiger partial charge in [-0.3, -0.25) is 14.4 Å². The summed E-state index contributed by atoms with van der Waals surface area (Å²) in [7, 11) is -2.95. The van der Waals surface area contributed by atoms with Crippen molar-refractivity contribution in [1.29, 1.82) is 0 Å². The van der Waals surface area contributed by atoms with E-state index in [1.807, 2.05) is 33.0 Å². The highest BCUT2D eigenvalue weighted by Gasteiger charge is 2.35. The lowest BCUT2D eigenvalue weighted by Crippen LogP contribution is -2.51. The van der Waals surface area contributed by atoms with Crippen LogP contribution in [0, 0.1) is 5.92 Å². The van der Waals surface area contributed by atoms with Crippen molar-refractivity contribution in [1.82, 2.24) is 9.78 Å². The summed E-state index contributed by atoms with van der Waals surface area (Å²) in [4.78, 5) is 27.9. The molecule has 1 fully saturated rings. The van der Waals surface area contributed by atoms with Crippen molar-refractivity contribution in [2.24, 2.45) is 5.92 Å². The van der Waals surface area contributed by atoms with Gasteiger partial charge in [-0.25, -0.2) is 13.2 Å². The number of carbonyl (C=O) groups is 2. The first-order valence-electron chi connectivity index (χ1n) is 11.3. The fourth-order valence-corrected chi connectivity index (χ4v) is 6.11. The maximum Gasteiger partial charge on any atom is 0.411 e. The number of benzene rings is 1. The molecule has 0 aliphatic carbocycles. The largest absolute Gasteiger partial charge is 0.465 e. The van der Waals surface area contributed by atoms with E-state index in [1.165, 1.54) is 4.90 Å². The summed E-state index contributed by atoms with van der Waals surface area (Å²) in [6.45, 7) is 6.03. The van der Waals surface area contributed by atoms with Crippen LogP contribution in [0.4, 0.5) is 16.2 Å². The number of sulfone groups is 1. The van der Waals surface area contributed by atoms with Crippen LogP contribution >= 0.6 is 0 Å². The van der Waals surface area contributed by atoms with Gasteiger partial charge >= 0.3 is 6.09 Å². The summed E-state index contributed by atoms with van der Waals surface area (Å²) in [6, 6.07) is 5.23. The van der Waals surface area contributed by atoms with E-state index in [4.69, 9.17) is 0 Å². The highest BCUT2D eigenvalue weighted by atomic mass is 32.2. The summed E-state index contributed by atoms with van der Waals surface area (Å²) in [6.07, 6.45) is 3.99. The van der Waals surface area contributed by atoms with Crippen molar-refractivity contribution in [3.05, 3.63) is 30.6 Å². The van der Waals surface area contributed by atoms with Gasteiger partial charge in [-0.15, -0.1) is 0 Å². The fourth-order valence-electron chi connectivity index (χ4n) is 4.64. The molecule has 178 valence electrons. The Hall–Kier alpha value is -2.88. The Balaban J connectivity index is 1.66. The third-order valence-corrected chi connectivity index (χ3v) is 8.04. The summed E-state index contributed by atoms with van der Waals surface area (Å²) >= 11 is 0. The van der Waals surface area contributed by atoms with Crippen LogP contribution < -0.4 is 9.80 Å². The van der Waals surface area contributed by atoms with Crippen LogP contribution in [0.15, 0.2) is 30.6 Å². The van der Waals surface area contributed by atoms with E-state index < -0.39 is 15.9 Å². The van der Waals surface area contributed by atoms with Crippen LogP contribution in [0.1, 0.15) is 46.1 Å². The number of hydrogen-bond acceptors (Lipinski definition) is 5. The molecule has 9 nitrogen and oxygen atoms in total. The first-order valence-corrected chi connectivity index (χ1v) is 13.1. The normalized spacial score (nSPS) is 20.7. The van der Waals surface area contributed by atoms with Gasteiger partial charge < -0.3 is 10.0 Å². The Morgan fingerprint density at radius 3 is 2.48 bits per heavy atom. The Kier molecular flexibility index (Phi) is 6.22. The van der Waals surface area contributed by atoms with E-state index in [-0.39, 0.29) is 42.0 Å². The van der Waals surface area contributed by atoms with E-state index in [0.717, 1.165) is 11.1 Å². The number of fused-ring (bicyclic) bond motifs is 1. The number of carbonyl (C=O) groups excluding carboxylic acids is 1. The Bertz CT molecular complexity index is 1160. The van der Waals surface area contributed by atoms with Gasteiger partial charge in [0.2, 0.25) is 5.91 Å². The second-order valence-electron chi connectivity index (χ2n) is 9.40. The van der Waals surface area contributed by atoms with Crippen LogP contribution in [0.5, 0.6) is 0 Å². The van der Waals surface area contributed by atoms with Gasteiger partial charge in [0.15, 0.2) is 0 Å². The molecule has 0 saturated carbocycles. The minimum absolute atomic E-state index is 0.0170. The van der Waals surface area contributed by atoms with E-state index in [9.17, 15) is 23.1 Å². The molecule has 2 aliphatic rings. The predicted octanol–water partition coefficient (Wildman–Crippen LogP) is 3.57. The van der Waals surface area contributed by atoms with Crippen molar-refractivity contribution < 1.29 is 23.1 Å². The molecule has 1 aromatic heterocycles. The Morgan fingerprint density at radius 1 is 1.15 bits per heavy atom. The average molecular weight is 475 g/mol. The van der Waals surface area contributed by atoms with E-state index in [2.05, 4.69) is 5.10 Å². The maximum atomic E-state index is 12.9. The monoisotopic (exact) mass is 474 g/mol. The van der Waals surface area contributed by atoms with Gasteiger partial charge in [0, 0.05) is 24.7 Å². The molecular formula is C23H30N4O5S. The molecular weight excluding hydrogens is 444 g/mol. The minimum Gasteiger partial charge on any atom is -0.465 e. The SMILES string of the molecule is CC(C)CC(=O)N1c2ccc(-c3cnn(C4CCS(=O)(=O)CC4)c3)cc2N(C(=O)O)C[C@@H]1C. The van der Waals surface area contributed by atoms with Gasteiger partial charge in [0.1, 0.15) is 9.84 Å². The molecule has 1 aromatic carbocycles. The maximum absolute atomic E-state index is 12.9. The first kappa shape index (κ1) is 23.3. The number of amides is 2. The first-order chi connectivity index (χ1) is 15.6. The minimum atomic E-state index is -2.95. The molecule has 2 aromatic rings. The molecule has 4 rings (SSSR count). The highest BCUT2D eigenvalue weighted by Crippen LogP contribution is 2.39. The molecule has 3 heterocycles. The second-order valence-corrected chi connectivity index (χ2v) is 11.7. The number of carboxylic acid groups (broad SMARTS) is 1. The Morgan fingerprint density at radius 2 is 1.85 bits per heavy atom. The lowest BCUT2D eigenvalue weighted by molar-refractivity contribution is -0.119. The second kappa shape index (κ2) is 8.81. The van der Waals surface area contributed by atoms with Crippen LogP contribution in [0.2, 0.25) is 0 Å². The van der Waals surface area contributed by atoms with Crippen LogP contribution in [0.25, 0.3) is 11.1 Å². The molecule has 1 saturated heterocycles. The molecule has 2 amide bonds. The van der Waals surface area contributed by atoms with Gasteiger partial charge in [0.25, 0.3) is 0 Å².